The molecule has 0 atom stereocenters. The van der Waals surface area contributed by atoms with Gasteiger partial charge in [-0.05, 0) is 13.0 Å². The average molecular weight is 207 g/mol. The molecule has 4 heteroatoms. The molecule has 1 aromatic heterocycles. The monoisotopic (exact) mass is 207 g/mol. The highest BCUT2D eigenvalue weighted by molar-refractivity contribution is 5.79. The second-order valence-electron chi connectivity index (χ2n) is 4.22. The molecule has 15 heavy (non-hydrogen) atoms. The summed E-state index contributed by atoms with van der Waals surface area (Å²) in [7, 11) is 1.96. The van der Waals surface area contributed by atoms with E-state index in [1.807, 2.05) is 11.7 Å². The summed E-state index contributed by atoms with van der Waals surface area (Å²) in [6, 6.07) is 2.11. The van der Waals surface area contributed by atoms with Crippen molar-refractivity contribution < 1.29 is 4.79 Å². The van der Waals surface area contributed by atoms with Crippen molar-refractivity contribution in [2.24, 2.45) is 7.05 Å². The fourth-order valence-electron chi connectivity index (χ4n) is 1.90. The topological polar surface area (TPSA) is 38.1 Å². The molecule has 4 nitrogen and oxygen atoms in total. The van der Waals surface area contributed by atoms with Crippen LogP contribution in [-0.4, -0.2) is 33.6 Å². The van der Waals surface area contributed by atoms with Crippen molar-refractivity contribution in [3.05, 3.63) is 17.5 Å². The lowest BCUT2D eigenvalue weighted by Gasteiger charge is -2.24. The highest BCUT2D eigenvalue weighted by Gasteiger charge is 2.16. The Labute approximate surface area is 89.9 Å². The fourth-order valence-corrected chi connectivity index (χ4v) is 1.90. The second-order valence-corrected chi connectivity index (χ2v) is 4.22. The Morgan fingerprint density at radius 2 is 2.07 bits per heavy atom. The zero-order chi connectivity index (χ0) is 10.8. The predicted molar refractivity (Wildman–Crippen MR) is 57.5 cm³/mol. The molecule has 0 spiro atoms. The summed E-state index contributed by atoms with van der Waals surface area (Å²) in [4.78, 5) is 13.4. The Kier molecular flexibility index (Phi) is 2.86. The number of likely N-dealkylation sites (tertiary alicyclic amines) is 1. The van der Waals surface area contributed by atoms with Crippen molar-refractivity contribution in [1.29, 1.82) is 0 Å². The molecule has 1 fully saturated rings. The minimum absolute atomic E-state index is 0.392. The number of piperidine rings is 1. The zero-order valence-electron chi connectivity index (χ0n) is 9.36. The molecule has 0 N–H and O–H groups in total. The Morgan fingerprint density at radius 3 is 2.60 bits per heavy atom. The van der Waals surface area contributed by atoms with E-state index < -0.39 is 0 Å². The maximum absolute atomic E-state index is 11.1. The molecule has 0 amide bonds. The lowest BCUT2D eigenvalue weighted by atomic mass is 10.1. The molecule has 0 aliphatic carbocycles. The van der Waals surface area contributed by atoms with Crippen LogP contribution < -0.4 is 0 Å². The third-order valence-corrected chi connectivity index (χ3v) is 2.96. The molecule has 1 saturated heterocycles. The van der Waals surface area contributed by atoms with Gasteiger partial charge < -0.3 is 0 Å². The van der Waals surface area contributed by atoms with Gasteiger partial charge in [0.1, 0.15) is 5.78 Å². The van der Waals surface area contributed by atoms with Crippen LogP contribution in [0.4, 0.5) is 0 Å². The van der Waals surface area contributed by atoms with Gasteiger partial charge in [-0.15, -0.1) is 0 Å². The first-order chi connectivity index (χ1) is 7.15. The fraction of sp³-hybridized carbons (Fsp3) is 0.636. The minimum Gasteiger partial charge on any atom is -0.300 e. The first kappa shape index (κ1) is 10.4. The molecule has 2 heterocycles. The SMILES string of the molecule is Cc1cc(CN2CCC(=O)CC2)nn1C. The quantitative estimate of drug-likeness (QED) is 0.723. The van der Waals surface area contributed by atoms with E-state index in [0.29, 0.717) is 18.6 Å². The molecular formula is C11H17N3O. The van der Waals surface area contributed by atoms with Gasteiger partial charge in [0.15, 0.2) is 0 Å². The number of rotatable bonds is 2. The van der Waals surface area contributed by atoms with E-state index in [-0.39, 0.29) is 0 Å². The average Bonchev–Trinajstić information content (AvgIpc) is 2.50. The van der Waals surface area contributed by atoms with Crippen molar-refractivity contribution in [3.8, 4) is 0 Å². The number of carbonyl (C=O) groups excluding carboxylic acids is 1. The van der Waals surface area contributed by atoms with Gasteiger partial charge in [0.05, 0.1) is 5.69 Å². The van der Waals surface area contributed by atoms with Gasteiger partial charge in [-0.25, -0.2) is 0 Å². The Balaban J connectivity index is 1.94. The summed E-state index contributed by atoms with van der Waals surface area (Å²) in [6.07, 6.45) is 1.40. The first-order valence-corrected chi connectivity index (χ1v) is 5.39. The molecular weight excluding hydrogens is 190 g/mol. The van der Waals surface area contributed by atoms with Crippen molar-refractivity contribution in [1.82, 2.24) is 14.7 Å². The van der Waals surface area contributed by atoms with Gasteiger partial charge in [0, 0.05) is 45.2 Å². The van der Waals surface area contributed by atoms with Crippen LogP contribution in [0.15, 0.2) is 6.07 Å². The van der Waals surface area contributed by atoms with Gasteiger partial charge in [0.2, 0.25) is 0 Å². The Bertz CT molecular complexity index is 340. The number of aromatic nitrogens is 2. The van der Waals surface area contributed by atoms with Gasteiger partial charge in [0.25, 0.3) is 0 Å². The van der Waals surface area contributed by atoms with Crippen molar-refractivity contribution in [2.45, 2.75) is 26.3 Å². The molecule has 2 rings (SSSR count). The maximum atomic E-state index is 11.1. The van der Waals surface area contributed by atoms with E-state index in [1.165, 1.54) is 5.69 Å². The second kappa shape index (κ2) is 4.14. The van der Waals surface area contributed by atoms with E-state index in [0.717, 1.165) is 25.3 Å². The van der Waals surface area contributed by atoms with Crippen molar-refractivity contribution in [2.75, 3.05) is 13.1 Å². The molecule has 0 bridgehead atoms. The van der Waals surface area contributed by atoms with Gasteiger partial charge >= 0.3 is 0 Å². The minimum atomic E-state index is 0.392. The zero-order valence-corrected chi connectivity index (χ0v) is 9.36. The Hall–Kier alpha value is -1.16. The summed E-state index contributed by atoms with van der Waals surface area (Å²) in [6.45, 7) is 4.69. The standard InChI is InChI=1S/C11H17N3O/c1-9-7-10(12-13(9)2)8-14-5-3-11(15)4-6-14/h7H,3-6,8H2,1-2H3. The van der Waals surface area contributed by atoms with Gasteiger partial charge in [-0.3, -0.25) is 14.4 Å². The summed E-state index contributed by atoms with van der Waals surface area (Å²) in [5, 5.41) is 4.41. The number of Topliss-reactive ketones (excluding diaryl/α,β-unsaturated/α-hetero) is 1. The number of aryl methyl sites for hydroxylation is 2. The third kappa shape index (κ3) is 2.45. The molecule has 1 aromatic rings. The normalized spacial score (nSPS) is 18.4. The lowest BCUT2D eigenvalue weighted by Crippen LogP contribution is -2.33. The molecule has 0 saturated carbocycles. The molecule has 1 aliphatic heterocycles. The van der Waals surface area contributed by atoms with Crippen molar-refractivity contribution >= 4 is 5.78 Å². The van der Waals surface area contributed by atoms with Crippen LogP contribution in [0.2, 0.25) is 0 Å². The van der Waals surface area contributed by atoms with Crippen LogP contribution in [0.25, 0.3) is 0 Å². The van der Waals surface area contributed by atoms with E-state index in [1.54, 1.807) is 0 Å². The van der Waals surface area contributed by atoms with E-state index in [4.69, 9.17) is 0 Å². The van der Waals surface area contributed by atoms with Gasteiger partial charge in [-0.1, -0.05) is 0 Å². The van der Waals surface area contributed by atoms with Crippen LogP contribution in [0.1, 0.15) is 24.2 Å². The van der Waals surface area contributed by atoms with Crippen LogP contribution in [0, 0.1) is 6.92 Å². The molecule has 0 aromatic carbocycles. The van der Waals surface area contributed by atoms with E-state index in [9.17, 15) is 4.79 Å². The van der Waals surface area contributed by atoms with E-state index >= 15 is 0 Å². The number of nitrogens with zero attached hydrogens (tertiary/aromatic N) is 3. The smallest absolute Gasteiger partial charge is 0.135 e. The lowest BCUT2D eigenvalue weighted by molar-refractivity contribution is -0.121. The largest absolute Gasteiger partial charge is 0.300 e. The number of hydrogen-bond acceptors (Lipinski definition) is 3. The summed E-state index contributed by atoms with van der Waals surface area (Å²) >= 11 is 0. The van der Waals surface area contributed by atoms with Crippen LogP contribution >= 0.6 is 0 Å². The predicted octanol–water partition coefficient (Wildman–Crippen LogP) is 0.893. The van der Waals surface area contributed by atoms with Crippen LogP contribution in [0.5, 0.6) is 0 Å². The molecule has 0 unspecified atom stereocenters. The number of carbonyl (C=O) groups is 1. The number of hydrogen-bond donors (Lipinski definition) is 0. The summed E-state index contributed by atoms with van der Waals surface area (Å²) < 4.78 is 1.89. The summed E-state index contributed by atoms with van der Waals surface area (Å²) in [5.41, 5.74) is 2.28. The third-order valence-electron chi connectivity index (χ3n) is 2.96. The Morgan fingerprint density at radius 1 is 1.40 bits per heavy atom. The number of ketones is 1. The summed E-state index contributed by atoms with van der Waals surface area (Å²) in [5.74, 6) is 0.392. The highest BCUT2D eigenvalue weighted by Crippen LogP contribution is 2.10. The molecule has 0 radical (unpaired) electrons. The maximum Gasteiger partial charge on any atom is 0.135 e. The highest BCUT2D eigenvalue weighted by atomic mass is 16.1. The van der Waals surface area contributed by atoms with Crippen LogP contribution in [-0.2, 0) is 18.4 Å². The van der Waals surface area contributed by atoms with E-state index in [2.05, 4.69) is 23.0 Å². The first-order valence-electron chi connectivity index (χ1n) is 5.39. The van der Waals surface area contributed by atoms with Crippen LogP contribution in [0.3, 0.4) is 0 Å². The molecule has 82 valence electrons. The van der Waals surface area contributed by atoms with Crippen molar-refractivity contribution in [3.63, 3.8) is 0 Å². The molecule has 1 aliphatic rings. The van der Waals surface area contributed by atoms with Gasteiger partial charge in [-0.2, -0.15) is 5.10 Å².